The Bertz CT molecular complexity index is 508. The van der Waals surface area contributed by atoms with Crippen LogP contribution in [0.5, 0.6) is 0 Å². The second-order valence-electron chi connectivity index (χ2n) is 7.03. The van der Waals surface area contributed by atoms with Crippen LogP contribution >= 0.6 is 0 Å². The summed E-state index contributed by atoms with van der Waals surface area (Å²) in [5, 5.41) is 6.55. The molecule has 2 N–H and O–H groups in total. The van der Waals surface area contributed by atoms with Crippen molar-refractivity contribution in [3.05, 3.63) is 29.3 Å². The lowest BCUT2D eigenvalue weighted by Crippen LogP contribution is -2.33. The number of benzene rings is 1. The normalized spacial score (nSPS) is 20.3. The number of anilines is 1. The molecule has 1 aromatic rings. The highest BCUT2D eigenvalue weighted by atomic mass is 16.1. The summed E-state index contributed by atoms with van der Waals surface area (Å²) >= 11 is 0. The summed E-state index contributed by atoms with van der Waals surface area (Å²) < 4.78 is 0. The molecule has 0 aromatic heterocycles. The van der Waals surface area contributed by atoms with Crippen LogP contribution in [0.4, 0.5) is 5.69 Å². The third kappa shape index (κ3) is 4.23. The molecule has 1 unspecified atom stereocenters. The van der Waals surface area contributed by atoms with Crippen molar-refractivity contribution in [3.8, 4) is 0 Å². The minimum atomic E-state index is 0.0669. The third-order valence-electron chi connectivity index (χ3n) is 4.35. The van der Waals surface area contributed by atoms with Gasteiger partial charge in [-0.15, -0.1) is 0 Å². The van der Waals surface area contributed by atoms with E-state index in [9.17, 15) is 4.79 Å². The Hall–Kier alpha value is -1.51. The zero-order chi connectivity index (χ0) is 15.5. The fourth-order valence-electron chi connectivity index (χ4n) is 3.12. The number of carbonyl (C=O) groups excluding carboxylic acids is 1. The van der Waals surface area contributed by atoms with E-state index in [1.54, 1.807) is 0 Å². The molecule has 0 radical (unpaired) electrons. The highest BCUT2D eigenvalue weighted by molar-refractivity contribution is 5.96. The molecule has 0 bridgehead atoms. The predicted octanol–water partition coefficient (Wildman–Crippen LogP) is 4.13. The molecule has 0 spiro atoms. The molecular weight excluding hydrogens is 260 g/mol. The molecule has 0 saturated heterocycles. The SMILES string of the molecule is CCCNc1ccc(C(=O)NC2CCC(C)(C)C2)c(C)c1. The van der Waals surface area contributed by atoms with E-state index in [1.807, 2.05) is 19.1 Å². The molecule has 1 aliphatic carbocycles. The fraction of sp³-hybridized carbons (Fsp3) is 0.611. The Morgan fingerprint density at radius 1 is 1.38 bits per heavy atom. The van der Waals surface area contributed by atoms with Gasteiger partial charge in [-0.25, -0.2) is 0 Å². The molecule has 1 fully saturated rings. The zero-order valence-corrected chi connectivity index (χ0v) is 13.8. The summed E-state index contributed by atoms with van der Waals surface area (Å²) in [5.74, 6) is 0.0669. The van der Waals surface area contributed by atoms with Crippen molar-refractivity contribution in [1.82, 2.24) is 5.32 Å². The highest BCUT2D eigenvalue weighted by Gasteiger charge is 2.31. The first-order chi connectivity index (χ1) is 9.91. The van der Waals surface area contributed by atoms with Gasteiger partial charge in [-0.2, -0.15) is 0 Å². The summed E-state index contributed by atoms with van der Waals surface area (Å²) in [6.45, 7) is 9.66. The van der Waals surface area contributed by atoms with E-state index in [4.69, 9.17) is 0 Å². The lowest BCUT2D eigenvalue weighted by Gasteiger charge is -2.18. The maximum Gasteiger partial charge on any atom is 0.251 e. The van der Waals surface area contributed by atoms with Crippen molar-refractivity contribution in [3.63, 3.8) is 0 Å². The third-order valence-corrected chi connectivity index (χ3v) is 4.35. The number of aryl methyl sites for hydroxylation is 1. The van der Waals surface area contributed by atoms with Gasteiger partial charge in [0.05, 0.1) is 0 Å². The Kier molecular flexibility index (Phi) is 4.92. The Morgan fingerprint density at radius 2 is 2.14 bits per heavy atom. The predicted molar refractivity (Wildman–Crippen MR) is 88.8 cm³/mol. The number of hydrogen-bond donors (Lipinski definition) is 2. The van der Waals surface area contributed by atoms with Crippen LogP contribution in [0.3, 0.4) is 0 Å². The van der Waals surface area contributed by atoms with Crippen LogP contribution < -0.4 is 10.6 Å². The number of hydrogen-bond acceptors (Lipinski definition) is 2. The van der Waals surface area contributed by atoms with Crippen molar-refractivity contribution in [2.75, 3.05) is 11.9 Å². The maximum atomic E-state index is 12.4. The Morgan fingerprint density at radius 3 is 2.71 bits per heavy atom. The minimum absolute atomic E-state index is 0.0669. The first-order valence-electron chi connectivity index (χ1n) is 8.07. The molecule has 0 heterocycles. The van der Waals surface area contributed by atoms with Gasteiger partial charge in [0.25, 0.3) is 5.91 Å². The zero-order valence-electron chi connectivity index (χ0n) is 13.8. The largest absolute Gasteiger partial charge is 0.385 e. The van der Waals surface area contributed by atoms with E-state index in [0.717, 1.165) is 42.6 Å². The fourth-order valence-corrected chi connectivity index (χ4v) is 3.12. The molecule has 1 amide bonds. The topological polar surface area (TPSA) is 41.1 Å². The molecule has 2 rings (SSSR count). The summed E-state index contributed by atoms with van der Waals surface area (Å²) in [6.07, 6.45) is 4.46. The highest BCUT2D eigenvalue weighted by Crippen LogP contribution is 2.37. The summed E-state index contributed by atoms with van der Waals surface area (Å²) in [4.78, 5) is 12.4. The average molecular weight is 288 g/mol. The molecule has 1 atom stereocenters. The quantitative estimate of drug-likeness (QED) is 0.855. The van der Waals surface area contributed by atoms with Crippen LogP contribution in [-0.4, -0.2) is 18.5 Å². The molecule has 116 valence electrons. The Labute approximate surface area is 128 Å². The van der Waals surface area contributed by atoms with Gasteiger partial charge in [0.1, 0.15) is 0 Å². The van der Waals surface area contributed by atoms with Crippen molar-refractivity contribution in [2.45, 2.75) is 59.4 Å². The second kappa shape index (κ2) is 6.50. The van der Waals surface area contributed by atoms with Crippen molar-refractivity contribution >= 4 is 11.6 Å². The van der Waals surface area contributed by atoms with E-state index in [-0.39, 0.29) is 5.91 Å². The van der Waals surface area contributed by atoms with E-state index in [2.05, 4.69) is 37.5 Å². The molecule has 1 aromatic carbocycles. The van der Waals surface area contributed by atoms with Crippen molar-refractivity contribution in [2.24, 2.45) is 5.41 Å². The van der Waals surface area contributed by atoms with Crippen molar-refractivity contribution < 1.29 is 4.79 Å². The lowest BCUT2D eigenvalue weighted by atomic mass is 9.92. The maximum absolute atomic E-state index is 12.4. The number of carbonyl (C=O) groups is 1. The molecule has 3 nitrogen and oxygen atoms in total. The van der Waals surface area contributed by atoms with E-state index < -0.39 is 0 Å². The van der Waals surface area contributed by atoms with Crippen LogP contribution in [0, 0.1) is 12.3 Å². The van der Waals surface area contributed by atoms with Gasteiger partial charge in [-0.3, -0.25) is 4.79 Å². The molecule has 1 saturated carbocycles. The summed E-state index contributed by atoms with van der Waals surface area (Å²) in [5.41, 5.74) is 3.28. The smallest absolute Gasteiger partial charge is 0.251 e. The molecular formula is C18H28N2O. The van der Waals surface area contributed by atoms with Gasteiger partial charge in [0, 0.05) is 23.8 Å². The monoisotopic (exact) mass is 288 g/mol. The molecule has 0 aliphatic heterocycles. The van der Waals surface area contributed by atoms with E-state index in [0.29, 0.717) is 11.5 Å². The average Bonchev–Trinajstić information content (AvgIpc) is 2.75. The van der Waals surface area contributed by atoms with Crippen LogP contribution in [0.1, 0.15) is 62.4 Å². The molecule has 3 heteroatoms. The standard InChI is InChI=1S/C18H28N2O/c1-5-10-19-14-6-7-16(13(2)11-14)17(21)20-15-8-9-18(3,4)12-15/h6-7,11,15,19H,5,8-10,12H2,1-4H3,(H,20,21). The van der Waals surface area contributed by atoms with Crippen LogP contribution in [0.15, 0.2) is 18.2 Å². The van der Waals surface area contributed by atoms with E-state index >= 15 is 0 Å². The van der Waals surface area contributed by atoms with Gasteiger partial charge in [-0.1, -0.05) is 20.8 Å². The van der Waals surface area contributed by atoms with E-state index in [1.165, 1.54) is 6.42 Å². The number of rotatable bonds is 5. The van der Waals surface area contributed by atoms with Crippen molar-refractivity contribution in [1.29, 1.82) is 0 Å². The molecule has 21 heavy (non-hydrogen) atoms. The van der Waals surface area contributed by atoms with Gasteiger partial charge >= 0.3 is 0 Å². The van der Waals surface area contributed by atoms with Gasteiger partial charge < -0.3 is 10.6 Å². The number of amides is 1. The van der Waals surface area contributed by atoms with Gasteiger partial charge in [0.15, 0.2) is 0 Å². The lowest BCUT2D eigenvalue weighted by molar-refractivity contribution is 0.0935. The number of nitrogens with one attached hydrogen (secondary N) is 2. The summed E-state index contributed by atoms with van der Waals surface area (Å²) in [7, 11) is 0. The second-order valence-corrected chi connectivity index (χ2v) is 7.03. The van der Waals surface area contributed by atoms with Crippen LogP contribution in [0.25, 0.3) is 0 Å². The van der Waals surface area contributed by atoms with Gasteiger partial charge in [0.2, 0.25) is 0 Å². The van der Waals surface area contributed by atoms with Gasteiger partial charge in [-0.05, 0) is 61.8 Å². The molecule has 1 aliphatic rings. The first-order valence-corrected chi connectivity index (χ1v) is 8.07. The Balaban J connectivity index is 1.99. The first kappa shape index (κ1) is 15.9. The summed E-state index contributed by atoms with van der Waals surface area (Å²) in [6, 6.07) is 6.31. The minimum Gasteiger partial charge on any atom is -0.385 e. The van der Waals surface area contributed by atoms with Crippen LogP contribution in [0.2, 0.25) is 0 Å². The van der Waals surface area contributed by atoms with Crippen LogP contribution in [-0.2, 0) is 0 Å².